The molecule has 0 aromatic rings. The van der Waals surface area contributed by atoms with Gasteiger partial charge in [0.15, 0.2) is 0 Å². The number of nitrogens with zero attached hydrogens (tertiary/aromatic N) is 1. The molecule has 0 radical (unpaired) electrons. The third-order valence-corrected chi connectivity index (χ3v) is 2.53. The highest BCUT2D eigenvalue weighted by atomic mass is 16.3. The van der Waals surface area contributed by atoms with E-state index in [2.05, 4.69) is 10.8 Å². The molecule has 1 rings (SSSR count). The van der Waals surface area contributed by atoms with Crippen LogP contribution in [0.25, 0.3) is 0 Å². The predicted octanol–water partition coefficient (Wildman–Crippen LogP) is 0.322. The molecule has 0 aliphatic carbocycles. The minimum absolute atomic E-state index is 0.186. The Kier molecular flexibility index (Phi) is 2.22. The largest absolute Gasteiger partial charge is 0.377 e. The average molecular weight is 153 g/mol. The van der Waals surface area contributed by atoms with E-state index in [0.29, 0.717) is 6.42 Å². The lowest BCUT2D eigenvalue weighted by Gasteiger charge is -2.38. The molecule has 1 heterocycles. The monoisotopic (exact) mass is 153 g/mol. The molecule has 1 fully saturated rings. The molecule has 1 saturated heterocycles. The van der Waals surface area contributed by atoms with E-state index in [1.54, 1.807) is 0 Å². The summed E-state index contributed by atoms with van der Waals surface area (Å²) < 4.78 is 0. The standard InChI is InChI=1S/C9H15NO/c1-4-9(11)5-6-10(3)7-8(9)2/h1,8,11H,5-7H2,2-3H3/t8-,9-/m1/s1. The SMILES string of the molecule is C#C[C@@]1(O)CCN(C)C[C@H]1C. The lowest BCUT2D eigenvalue weighted by molar-refractivity contribution is -0.0123. The first kappa shape index (κ1) is 8.58. The summed E-state index contributed by atoms with van der Waals surface area (Å²) in [4.78, 5) is 2.19. The molecule has 11 heavy (non-hydrogen) atoms. The first-order chi connectivity index (χ1) is 5.08. The molecular weight excluding hydrogens is 138 g/mol. The summed E-state index contributed by atoms with van der Waals surface area (Å²) in [5, 5.41) is 9.80. The number of rotatable bonds is 0. The Bertz CT molecular complexity index is 184. The summed E-state index contributed by atoms with van der Waals surface area (Å²) in [5.74, 6) is 2.67. The van der Waals surface area contributed by atoms with Gasteiger partial charge in [0.25, 0.3) is 0 Å². The second-order valence-corrected chi connectivity index (χ2v) is 3.48. The van der Waals surface area contributed by atoms with Crippen LogP contribution in [-0.2, 0) is 0 Å². The Morgan fingerprint density at radius 1 is 1.73 bits per heavy atom. The van der Waals surface area contributed by atoms with E-state index < -0.39 is 5.60 Å². The van der Waals surface area contributed by atoms with Gasteiger partial charge in [-0.05, 0) is 7.05 Å². The molecule has 1 aliphatic heterocycles. The quantitative estimate of drug-likeness (QED) is 0.507. The van der Waals surface area contributed by atoms with E-state index in [-0.39, 0.29) is 5.92 Å². The van der Waals surface area contributed by atoms with Crippen LogP contribution in [0.4, 0.5) is 0 Å². The third-order valence-electron chi connectivity index (χ3n) is 2.53. The Hall–Kier alpha value is -0.520. The van der Waals surface area contributed by atoms with Crippen LogP contribution < -0.4 is 0 Å². The van der Waals surface area contributed by atoms with Crippen molar-refractivity contribution in [2.24, 2.45) is 5.92 Å². The van der Waals surface area contributed by atoms with Crippen LogP contribution in [0.1, 0.15) is 13.3 Å². The minimum Gasteiger partial charge on any atom is -0.377 e. The molecule has 1 aliphatic rings. The zero-order chi connectivity index (χ0) is 8.48. The van der Waals surface area contributed by atoms with Crippen molar-refractivity contribution >= 4 is 0 Å². The van der Waals surface area contributed by atoms with Gasteiger partial charge in [0.1, 0.15) is 5.60 Å². The molecular formula is C9H15NO. The number of piperidine rings is 1. The summed E-state index contributed by atoms with van der Waals surface area (Å²) >= 11 is 0. The number of likely N-dealkylation sites (tertiary alicyclic amines) is 1. The molecule has 0 saturated carbocycles. The highest BCUT2D eigenvalue weighted by Crippen LogP contribution is 2.25. The fourth-order valence-electron chi connectivity index (χ4n) is 1.53. The highest BCUT2D eigenvalue weighted by molar-refractivity contribution is 5.11. The van der Waals surface area contributed by atoms with Gasteiger partial charge in [-0.2, -0.15) is 0 Å². The van der Waals surface area contributed by atoms with Gasteiger partial charge in [0, 0.05) is 25.4 Å². The molecule has 2 nitrogen and oxygen atoms in total. The van der Waals surface area contributed by atoms with Crippen molar-refractivity contribution in [2.45, 2.75) is 18.9 Å². The number of hydrogen-bond acceptors (Lipinski definition) is 2. The molecule has 62 valence electrons. The van der Waals surface area contributed by atoms with Gasteiger partial charge in [-0.3, -0.25) is 0 Å². The van der Waals surface area contributed by atoms with Gasteiger partial charge >= 0.3 is 0 Å². The second-order valence-electron chi connectivity index (χ2n) is 3.48. The van der Waals surface area contributed by atoms with Crippen molar-refractivity contribution in [1.29, 1.82) is 0 Å². The topological polar surface area (TPSA) is 23.5 Å². The van der Waals surface area contributed by atoms with E-state index in [1.165, 1.54) is 0 Å². The lowest BCUT2D eigenvalue weighted by Crippen LogP contribution is -2.48. The zero-order valence-electron chi connectivity index (χ0n) is 7.17. The Labute approximate surface area is 68.2 Å². The van der Waals surface area contributed by atoms with E-state index in [9.17, 15) is 5.11 Å². The summed E-state index contributed by atoms with van der Waals surface area (Å²) in [6.07, 6.45) is 5.95. The fraction of sp³-hybridized carbons (Fsp3) is 0.778. The summed E-state index contributed by atoms with van der Waals surface area (Å²) in [6, 6.07) is 0. The molecule has 0 unspecified atom stereocenters. The molecule has 2 heteroatoms. The van der Waals surface area contributed by atoms with Crippen LogP contribution in [0, 0.1) is 18.3 Å². The van der Waals surface area contributed by atoms with Gasteiger partial charge in [-0.15, -0.1) is 6.42 Å². The van der Waals surface area contributed by atoms with Gasteiger partial charge in [0.05, 0.1) is 0 Å². The lowest BCUT2D eigenvalue weighted by atomic mass is 9.83. The molecule has 0 amide bonds. The van der Waals surface area contributed by atoms with Crippen molar-refractivity contribution in [2.75, 3.05) is 20.1 Å². The van der Waals surface area contributed by atoms with Crippen LogP contribution >= 0.6 is 0 Å². The zero-order valence-corrected chi connectivity index (χ0v) is 7.17. The Morgan fingerprint density at radius 2 is 2.36 bits per heavy atom. The smallest absolute Gasteiger partial charge is 0.130 e. The maximum Gasteiger partial charge on any atom is 0.130 e. The van der Waals surface area contributed by atoms with Crippen molar-refractivity contribution < 1.29 is 5.11 Å². The van der Waals surface area contributed by atoms with E-state index in [1.807, 2.05) is 14.0 Å². The number of terminal acetylenes is 1. The molecule has 0 spiro atoms. The highest BCUT2D eigenvalue weighted by Gasteiger charge is 2.35. The summed E-state index contributed by atoms with van der Waals surface area (Å²) in [6.45, 7) is 3.78. The molecule has 2 atom stereocenters. The predicted molar refractivity (Wildman–Crippen MR) is 45.1 cm³/mol. The van der Waals surface area contributed by atoms with Crippen LogP contribution in [0.15, 0.2) is 0 Å². The number of hydrogen-bond donors (Lipinski definition) is 1. The van der Waals surface area contributed by atoms with Crippen LogP contribution in [0.5, 0.6) is 0 Å². The van der Waals surface area contributed by atoms with Crippen LogP contribution in [-0.4, -0.2) is 35.7 Å². The van der Waals surface area contributed by atoms with Gasteiger partial charge in [0.2, 0.25) is 0 Å². The van der Waals surface area contributed by atoms with Crippen molar-refractivity contribution in [3.8, 4) is 12.3 Å². The fourth-order valence-corrected chi connectivity index (χ4v) is 1.53. The van der Waals surface area contributed by atoms with E-state index in [0.717, 1.165) is 13.1 Å². The van der Waals surface area contributed by atoms with Gasteiger partial charge in [-0.1, -0.05) is 12.8 Å². The molecule has 1 N–H and O–H groups in total. The van der Waals surface area contributed by atoms with E-state index in [4.69, 9.17) is 6.42 Å². The maximum absolute atomic E-state index is 9.80. The average Bonchev–Trinajstić information content (AvgIpc) is 1.98. The van der Waals surface area contributed by atoms with Gasteiger partial charge in [-0.25, -0.2) is 0 Å². The third kappa shape index (κ3) is 1.55. The first-order valence-corrected chi connectivity index (χ1v) is 3.97. The number of aliphatic hydroxyl groups is 1. The van der Waals surface area contributed by atoms with Crippen molar-refractivity contribution in [1.82, 2.24) is 4.90 Å². The summed E-state index contributed by atoms with van der Waals surface area (Å²) in [7, 11) is 2.05. The van der Waals surface area contributed by atoms with Crippen molar-refractivity contribution in [3.05, 3.63) is 0 Å². The van der Waals surface area contributed by atoms with Crippen molar-refractivity contribution in [3.63, 3.8) is 0 Å². The Balaban J connectivity index is 2.66. The maximum atomic E-state index is 9.80. The molecule has 0 aromatic carbocycles. The summed E-state index contributed by atoms with van der Waals surface area (Å²) in [5.41, 5.74) is -0.855. The second kappa shape index (κ2) is 2.84. The van der Waals surface area contributed by atoms with Crippen LogP contribution in [0.2, 0.25) is 0 Å². The molecule has 0 bridgehead atoms. The first-order valence-electron chi connectivity index (χ1n) is 3.97. The molecule has 0 aromatic heterocycles. The van der Waals surface area contributed by atoms with Crippen LogP contribution in [0.3, 0.4) is 0 Å². The normalized spacial score (nSPS) is 40.0. The van der Waals surface area contributed by atoms with Gasteiger partial charge < -0.3 is 10.0 Å². The Morgan fingerprint density at radius 3 is 2.82 bits per heavy atom. The minimum atomic E-state index is -0.855. The van der Waals surface area contributed by atoms with E-state index >= 15 is 0 Å².